The molecule has 0 N–H and O–H groups in total. The van der Waals surface area contributed by atoms with E-state index in [4.69, 9.17) is 23.7 Å². The Morgan fingerprint density at radius 1 is 1.03 bits per heavy atom. The summed E-state index contributed by atoms with van der Waals surface area (Å²) in [5, 5.41) is 0. The van der Waals surface area contributed by atoms with Gasteiger partial charge in [0.2, 0.25) is 11.5 Å². The van der Waals surface area contributed by atoms with E-state index in [9.17, 15) is 4.79 Å². The summed E-state index contributed by atoms with van der Waals surface area (Å²) in [7, 11) is 4.65. The first kappa shape index (κ1) is 18.8. The predicted molar refractivity (Wildman–Crippen MR) is 110 cm³/mol. The number of ketones is 1. The Labute approximate surface area is 174 Å². The van der Waals surface area contributed by atoms with Crippen molar-refractivity contribution in [3.63, 3.8) is 0 Å². The van der Waals surface area contributed by atoms with Crippen LogP contribution >= 0.6 is 0 Å². The van der Waals surface area contributed by atoms with Gasteiger partial charge in [-0.1, -0.05) is 0 Å². The van der Waals surface area contributed by atoms with Crippen LogP contribution in [0.1, 0.15) is 34.3 Å². The number of carbonyl (C=O) groups excluding carboxylic acids is 1. The average molecular weight is 409 g/mol. The average Bonchev–Trinajstić information content (AvgIpc) is 3.58. The van der Waals surface area contributed by atoms with Crippen LogP contribution in [-0.4, -0.2) is 44.8 Å². The van der Waals surface area contributed by atoms with Crippen LogP contribution in [0.25, 0.3) is 6.08 Å². The fourth-order valence-corrected chi connectivity index (χ4v) is 4.03. The number of benzene rings is 2. The van der Waals surface area contributed by atoms with E-state index in [0.717, 1.165) is 17.9 Å². The number of methoxy groups -OCH3 is 3. The molecule has 0 atom stereocenters. The van der Waals surface area contributed by atoms with E-state index in [1.54, 1.807) is 45.6 Å². The van der Waals surface area contributed by atoms with Gasteiger partial charge in [-0.3, -0.25) is 9.69 Å². The van der Waals surface area contributed by atoms with Crippen LogP contribution in [0.2, 0.25) is 0 Å². The van der Waals surface area contributed by atoms with Gasteiger partial charge in [-0.25, -0.2) is 0 Å². The minimum absolute atomic E-state index is 0.159. The number of hydrogen-bond acceptors (Lipinski definition) is 7. The van der Waals surface area contributed by atoms with Gasteiger partial charge in [0.05, 0.1) is 32.5 Å². The Balaban J connectivity index is 1.52. The normalized spacial score (nSPS) is 19.0. The van der Waals surface area contributed by atoms with E-state index >= 15 is 0 Å². The largest absolute Gasteiger partial charge is 0.493 e. The molecule has 2 heterocycles. The van der Waals surface area contributed by atoms with Crippen LogP contribution in [0.3, 0.4) is 0 Å². The van der Waals surface area contributed by atoms with Crippen molar-refractivity contribution in [3.05, 3.63) is 46.7 Å². The second-order valence-electron chi connectivity index (χ2n) is 7.53. The monoisotopic (exact) mass is 409 g/mol. The third-order valence-corrected chi connectivity index (χ3v) is 5.73. The van der Waals surface area contributed by atoms with E-state index in [1.807, 2.05) is 6.07 Å². The summed E-state index contributed by atoms with van der Waals surface area (Å²) in [5.74, 6) is 2.94. The smallest absolute Gasteiger partial charge is 0.231 e. The van der Waals surface area contributed by atoms with Crippen LogP contribution in [0.5, 0.6) is 28.7 Å². The number of allylic oxidation sites excluding steroid dienone is 1. The summed E-state index contributed by atoms with van der Waals surface area (Å²) in [6.45, 7) is 1.30. The lowest BCUT2D eigenvalue weighted by Crippen LogP contribution is -2.33. The van der Waals surface area contributed by atoms with Crippen molar-refractivity contribution in [2.75, 3.05) is 28.1 Å². The van der Waals surface area contributed by atoms with Crippen LogP contribution in [0, 0.1) is 0 Å². The fraction of sp³-hybridized carbons (Fsp3) is 0.348. The van der Waals surface area contributed by atoms with Crippen molar-refractivity contribution in [1.29, 1.82) is 0 Å². The molecular formula is C23H23NO6. The molecule has 2 aliphatic heterocycles. The van der Waals surface area contributed by atoms with Crippen LogP contribution in [0.15, 0.2) is 30.0 Å². The maximum absolute atomic E-state index is 13.0. The first-order valence-corrected chi connectivity index (χ1v) is 9.90. The van der Waals surface area contributed by atoms with Gasteiger partial charge >= 0.3 is 0 Å². The highest BCUT2D eigenvalue weighted by Crippen LogP contribution is 2.45. The zero-order valence-corrected chi connectivity index (χ0v) is 17.2. The molecule has 7 heteroatoms. The molecule has 0 unspecified atom stereocenters. The highest BCUT2D eigenvalue weighted by atomic mass is 16.5. The van der Waals surface area contributed by atoms with E-state index < -0.39 is 0 Å². The minimum Gasteiger partial charge on any atom is -0.493 e. The van der Waals surface area contributed by atoms with Crippen LogP contribution in [-0.2, 0) is 6.54 Å². The standard InChI is InChI=1S/C23H23NO6/c1-26-18-8-4-13(21(27-2)23(18)28-3)10-19-20(25)15-7-9-17-16(22(15)30-19)11-24(12-29-17)14-5-6-14/h4,7-10,14H,5-6,11-12H2,1-3H3. The topological polar surface area (TPSA) is 66.5 Å². The molecule has 156 valence electrons. The molecule has 0 saturated heterocycles. The van der Waals surface area contributed by atoms with Gasteiger partial charge in [0.25, 0.3) is 0 Å². The molecule has 5 rings (SSSR count). The molecule has 2 aromatic carbocycles. The van der Waals surface area contributed by atoms with E-state index in [1.165, 1.54) is 12.8 Å². The molecule has 30 heavy (non-hydrogen) atoms. The summed E-state index contributed by atoms with van der Waals surface area (Å²) >= 11 is 0. The molecule has 0 radical (unpaired) electrons. The fourth-order valence-electron chi connectivity index (χ4n) is 4.03. The third kappa shape index (κ3) is 2.97. The maximum Gasteiger partial charge on any atom is 0.231 e. The lowest BCUT2D eigenvalue weighted by Gasteiger charge is -2.29. The molecule has 3 aliphatic rings. The molecule has 0 aromatic heterocycles. The lowest BCUT2D eigenvalue weighted by atomic mass is 10.0. The highest BCUT2D eigenvalue weighted by Gasteiger charge is 2.37. The van der Waals surface area contributed by atoms with Crippen molar-refractivity contribution >= 4 is 11.9 Å². The number of hydrogen-bond donors (Lipinski definition) is 0. The zero-order valence-electron chi connectivity index (χ0n) is 17.2. The zero-order chi connectivity index (χ0) is 20.8. The summed E-state index contributed by atoms with van der Waals surface area (Å²) in [6.07, 6.45) is 4.06. The van der Waals surface area contributed by atoms with Crippen LogP contribution < -0.4 is 23.7 Å². The molecular weight excluding hydrogens is 386 g/mol. The van der Waals surface area contributed by atoms with Gasteiger partial charge in [-0.05, 0) is 43.2 Å². The van der Waals surface area contributed by atoms with Crippen molar-refractivity contribution in [3.8, 4) is 28.7 Å². The van der Waals surface area contributed by atoms with Crippen molar-refractivity contribution in [1.82, 2.24) is 4.90 Å². The number of rotatable bonds is 5. The Kier molecular flexibility index (Phi) is 4.55. The highest BCUT2D eigenvalue weighted by molar-refractivity contribution is 6.15. The Morgan fingerprint density at radius 3 is 2.53 bits per heavy atom. The third-order valence-electron chi connectivity index (χ3n) is 5.73. The minimum atomic E-state index is -0.159. The second kappa shape index (κ2) is 7.25. The van der Waals surface area contributed by atoms with E-state index in [0.29, 0.717) is 46.9 Å². The number of fused-ring (bicyclic) bond motifs is 3. The maximum atomic E-state index is 13.0. The second-order valence-corrected chi connectivity index (χ2v) is 7.53. The van der Waals surface area contributed by atoms with E-state index in [-0.39, 0.29) is 11.5 Å². The first-order valence-electron chi connectivity index (χ1n) is 9.90. The predicted octanol–water partition coefficient (Wildman–Crippen LogP) is 3.64. The van der Waals surface area contributed by atoms with Gasteiger partial charge < -0.3 is 23.7 Å². The van der Waals surface area contributed by atoms with Crippen molar-refractivity contribution in [2.24, 2.45) is 0 Å². The number of Topliss-reactive ketones (excluding diaryl/α,β-unsaturated/α-hetero) is 1. The summed E-state index contributed by atoms with van der Waals surface area (Å²) in [6, 6.07) is 7.77. The van der Waals surface area contributed by atoms with Gasteiger partial charge in [0.15, 0.2) is 17.3 Å². The van der Waals surface area contributed by atoms with Gasteiger partial charge in [0.1, 0.15) is 18.2 Å². The molecule has 1 saturated carbocycles. The molecule has 2 aromatic rings. The molecule has 0 amide bonds. The SMILES string of the molecule is COc1ccc(C=C2Oc3c(ccc4c3CN(C3CC3)CO4)C2=O)c(OC)c1OC. The molecule has 0 bridgehead atoms. The number of carbonyl (C=O) groups is 1. The van der Waals surface area contributed by atoms with Gasteiger partial charge in [0, 0.05) is 18.2 Å². The Bertz CT molecular complexity index is 1060. The van der Waals surface area contributed by atoms with Crippen molar-refractivity contribution < 1.29 is 28.5 Å². The van der Waals surface area contributed by atoms with Crippen molar-refractivity contribution in [2.45, 2.75) is 25.4 Å². The van der Waals surface area contributed by atoms with E-state index in [2.05, 4.69) is 4.90 Å². The summed E-state index contributed by atoms with van der Waals surface area (Å²) in [5.41, 5.74) is 2.15. The molecule has 7 nitrogen and oxygen atoms in total. The van der Waals surface area contributed by atoms with Gasteiger partial charge in [-0.15, -0.1) is 0 Å². The quantitative estimate of drug-likeness (QED) is 0.699. The Morgan fingerprint density at radius 2 is 1.83 bits per heavy atom. The lowest BCUT2D eigenvalue weighted by molar-refractivity contribution is 0.0868. The summed E-state index contributed by atoms with van der Waals surface area (Å²) in [4.78, 5) is 15.3. The van der Waals surface area contributed by atoms with Gasteiger partial charge in [-0.2, -0.15) is 0 Å². The Hall–Kier alpha value is -3.19. The van der Waals surface area contributed by atoms with Crippen LogP contribution in [0.4, 0.5) is 0 Å². The first-order chi connectivity index (χ1) is 14.6. The molecule has 1 aliphatic carbocycles. The molecule has 0 spiro atoms. The summed E-state index contributed by atoms with van der Waals surface area (Å²) < 4.78 is 28.3. The number of ether oxygens (including phenoxy) is 5. The number of nitrogens with zero attached hydrogens (tertiary/aromatic N) is 1. The molecule has 1 fully saturated rings.